The molecular weight excluding hydrogens is 200 g/mol. The van der Waals surface area contributed by atoms with Gasteiger partial charge in [0.15, 0.2) is 0 Å². The first kappa shape index (κ1) is 11.6. The molecule has 1 aromatic carbocycles. The molecule has 0 radical (unpaired) electrons. The highest BCUT2D eigenvalue weighted by molar-refractivity contribution is 5.90. The number of hydrogen-bond donors (Lipinski definition) is 0. The Morgan fingerprint density at radius 3 is 1.69 bits per heavy atom. The zero-order valence-corrected chi connectivity index (χ0v) is 9.10. The summed E-state index contributed by atoms with van der Waals surface area (Å²) in [5, 5.41) is 17.9. The highest BCUT2D eigenvalue weighted by atomic mass is 14.6. The number of nitrogens with zero attached hydrogens (tertiary/aromatic N) is 4. The quantitative estimate of drug-likeness (QED) is 0.694. The van der Waals surface area contributed by atoms with Crippen molar-refractivity contribution in [2.45, 2.75) is 0 Å². The molecule has 1 aromatic rings. The molecule has 0 spiro atoms. The van der Waals surface area contributed by atoms with Crippen LogP contribution in [0.15, 0.2) is 22.1 Å². The summed E-state index contributed by atoms with van der Waals surface area (Å²) in [7, 11) is 3.26. The molecule has 0 heterocycles. The Hall–Kier alpha value is -2.46. The molecule has 0 fully saturated rings. The molecular formula is C12H10N4. The Morgan fingerprint density at radius 2 is 1.38 bits per heavy atom. The van der Waals surface area contributed by atoms with Crippen LogP contribution in [0.4, 0.5) is 0 Å². The fourth-order valence-electron chi connectivity index (χ4n) is 1.32. The molecule has 0 atom stereocenters. The minimum Gasteiger partial charge on any atom is -0.296 e. The summed E-state index contributed by atoms with van der Waals surface area (Å²) in [5.74, 6) is 0. The van der Waals surface area contributed by atoms with Crippen molar-refractivity contribution in [2.75, 3.05) is 14.1 Å². The lowest BCUT2D eigenvalue weighted by Gasteiger charge is -2.02. The van der Waals surface area contributed by atoms with Crippen LogP contribution < -0.4 is 0 Å². The fourth-order valence-corrected chi connectivity index (χ4v) is 1.32. The molecule has 0 aliphatic carbocycles. The lowest BCUT2D eigenvalue weighted by atomic mass is 10.0. The molecule has 16 heavy (non-hydrogen) atoms. The normalized spacial score (nSPS) is 10.5. The monoisotopic (exact) mass is 210 g/mol. The second kappa shape index (κ2) is 5.43. The van der Waals surface area contributed by atoms with Gasteiger partial charge in [0.1, 0.15) is 0 Å². The Kier molecular flexibility index (Phi) is 3.94. The van der Waals surface area contributed by atoms with Crippen LogP contribution in [0.5, 0.6) is 0 Å². The van der Waals surface area contributed by atoms with Gasteiger partial charge >= 0.3 is 0 Å². The van der Waals surface area contributed by atoms with Gasteiger partial charge in [0.25, 0.3) is 0 Å². The van der Waals surface area contributed by atoms with E-state index in [2.05, 4.69) is 9.98 Å². The summed E-state index contributed by atoms with van der Waals surface area (Å²) < 4.78 is 0. The smallest absolute Gasteiger partial charge is 0.0999 e. The summed E-state index contributed by atoms with van der Waals surface area (Å²) in [6.45, 7) is 0. The Morgan fingerprint density at radius 1 is 0.938 bits per heavy atom. The maximum absolute atomic E-state index is 8.93. The molecule has 78 valence electrons. The molecule has 0 bridgehead atoms. The molecule has 1 rings (SSSR count). The zero-order valence-electron chi connectivity index (χ0n) is 9.10. The van der Waals surface area contributed by atoms with Gasteiger partial charge in [0, 0.05) is 37.7 Å². The first-order valence-corrected chi connectivity index (χ1v) is 4.59. The number of aliphatic imine (C=N–C) groups is 2. The van der Waals surface area contributed by atoms with Crippen molar-refractivity contribution in [1.82, 2.24) is 0 Å². The van der Waals surface area contributed by atoms with E-state index < -0.39 is 0 Å². The topological polar surface area (TPSA) is 72.3 Å². The lowest BCUT2D eigenvalue weighted by molar-refractivity contribution is 1.40. The number of rotatable bonds is 2. The second-order valence-electron chi connectivity index (χ2n) is 3.02. The molecule has 0 unspecified atom stereocenters. The molecule has 0 aromatic heterocycles. The fraction of sp³-hybridized carbons (Fsp3) is 0.167. The minimum atomic E-state index is 0.440. The summed E-state index contributed by atoms with van der Waals surface area (Å²) in [6, 6.07) is 7.36. The first-order chi connectivity index (χ1) is 7.76. The van der Waals surface area contributed by atoms with Crippen LogP contribution >= 0.6 is 0 Å². The van der Waals surface area contributed by atoms with Crippen LogP contribution in [0.2, 0.25) is 0 Å². The highest BCUT2D eigenvalue weighted by Gasteiger charge is 2.06. The van der Waals surface area contributed by atoms with E-state index in [4.69, 9.17) is 10.5 Å². The van der Waals surface area contributed by atoms with Gasteiger partial charge in [0.05, 0.1) is 23.3 Å². The SMILES string of the molecule is CN=Cc1cc(C=NC)c(C#N)cc1C#N. The Labute approximate surface area is 94.2 Å². The molecule has 4 heteroatoms. The van der Waals surface area contributed by atoms with Gasteiger partial charge in [-0.25, -0.2) is 0 Å². The van der Waals surface area contributed by atoms with E-state index in [0.717, 1.165) is 0 Å². The van der Waals surface area contributed by atoms with Crippen molar-refractivity contribution in [2.24, 2.45) is 9.98 Å². The largest absolute Gasteiger partial charge is 0.296 e. The van der Waals surface area contributed by atoms with E-state index in [9.17, 15) is 0 Å². The van der Waals surface area contributed by atoms with Gasteiger partial charge in [0.2, 0.25) is 0 Å². The van der Waals surface area contributed by atoms with Gasteiger partial charge in [-0.15, -0.1) is 0 Å². The highest BCUT2D eigenvalue weighted by Crippen LogP contribution is 2.13. The van der Waals surface area contributed by atoms with Crippen molar-refractivity contribution in [3.8, 4) is 12.1 Å². The van der Waals surface area contributed by atoms with E-state index in [1.807, 2.05) is 12.1 Å². The van der Waals surface area contributed by atoms with E-state index >= 15 is 0 Å². The van der Waals surface area contributed by atoms with Crippen LogP contribution in [-0.4, -0.2) is 26.5 Å². The molecule has 0 aliphatic rings. The van der Waals surface area contributed by atoms with Crippen LogP contribution in [0.3, 0.4) is 0 Å². The first-order valence-electron chi connectivity index (χ1n) is 4.59. The zero-order chi connectivity index (χ0) is 12.0. The standard InChI is InChI=1S/C12H10N4/c1-15-7-11-4-12(8-16-2)10(6-14)3-9(11)5-13/h3-4,7-8H,1-2H3. The third-order valence-corrected chi connectivity index (χ3v) is 2.00. The second-order valence-corrected chi connectivity index (χ2v) is 3.02. The van der Waals surface area contributed by atoms with Gasteiger partial charge in [-0.1, -0.05) is 0 Å². The lowest BCUT2D eigenvalue weighted by Crippen LogP contribution is -1.96. The van der Waals surface area contributed by atoms with Gasteiger partial charge < -0.3 is 0 Å². The van der Waals surface area contributed by atoms with E-state index in [-0.39, 0.29) is 0 Å². The molecule has 0 saturated heterocycles. The van der Waals surface area contributed by atoms with Gasteiger partial charge in [-0.3, -0.25) is 9.98 Å². The molecule has 0 amide bonds. The average Bonchev–Trinajstić information content (AvgIpc) is 2.30. The molecule has 0 N–H and O–H groups in total. The molecule has 4 nitrogen and oxygen atoms in total. The minimum absolute atomic E-state index is 0.440. The predicted molar refractivity (Wildman–Crippen MR) is 62.9 cm³/mol. The van der Waals surface area contributed by atoms with Gasteiger partial charge in [-0.2, -0.15) is 10.5 Å². The van der Waals surface area contributed by atoms with Crippen LogP contribution in [-0.2, 0) is 0 Å². The van der Waals surface area contributed by atoms with Crippen LogP contribution in [0.1, 0.15) is 22.3 Å². The Balaban J connectivity index is 3.49. The summed E-state index contributed by atoms with van der Waals surface area (Å²) in [6.07, 6.45) is 3.18. The average molecular weight is 210 g/mol. The van der Waals surface area contributed by atoms with Gasteiger partial charge in [-0.05, 0) is 12.1 Å². The Bertz CT molecular complexity index is 482. The molecule has 0 aliphatic heterocycles. The van der Waals surface area contributed by atoms with Crippen molar-refractivity contribution in [1.29, 1.82) is 10.5 Å². The third kappa shape index (κ3) is 2.31. The van der Waals surface area contributed by atoms with Crippen LogP contribution in [0, 0.1) is 22.7 Å². The number of hydrogen-bond acceptors (Lipinski definition) is 4. The van der Waals surface area contributed by atoms with Crippen molar-refractivity contribution < 1.29 is 0 Å². The summed E-state index contributed by atoms with van der Waals surface area (Å²) >= 11 is 0. The van der Waals surface area contributed by atoms with E-state index in [1.54, 1.807) is 38.7 Å². The summed E-state index contributed by atoms with van der Waals surface area (Å²) in [5.41, 5.74) is 2.27. The summed E-state index contributed by atoms with van der Waals surface area (Å²) in [4.78, 5) is 7.74. The molecule has 0 saturated carbocycles. The maximum Gasteiger partial charge on any atom is 0.0999 e. The van der Waals surface area contributed by atoms with Crippen LogP contribution in [0.25, 0.3) is 0 Å². The van der Waals surface area contributed by atoms with Crippen molar-refractivity contribution in [3.63, 3.8) is 0 Å². The number of nitriles is 2. The van der Waals surface area contributed by atoms with E-state index in [0.29, 0.717) is 22.3 Å². The van der Waals surface area contributed by atoms with Crippen molar-refractivity contribution in [3.05, 3.63) is 34.4 Å². The predicted octanol–water partition coefficient (Wildman–Crippen LogP) is 1.53. The number of benzene rings is 1. The third-order valence-electron chi connectivity index (χ3n) is 2.00. The van der Waals surface area contributed by atoms with Crippen molar-refractivity contribution >= 4 is 12.4 Å². The van der Waals surface area contributed by atoms with E-state index in [1.165, 1.54) is 0 Å². The maximum atomic E-state index is 8.93.